The van der Waals surface area contributed by atoms with Gasteiger partial charge in [0.05, 0.1) is 11.3 Å². The van der Waals surface area contributed by atoms with Gasteiger partial charge in [-0.3, -0.25) is 9.00 Å². The van der Waals surface area contributed by atoms with Crippen LogP contribution in [0.3, 0.4) is 0 Å². The maximum absolute atomic E-state index is 14.3. The van der Waals surface area contributed by atoms with Gasteiger partial charge in [-0.15, -0.1) is 0 Å². The molecule has 0 aliphatic rings. The normalized spacial score (nSPS) is 12.3. The number of nitrogens with zero attached hydrogens (tertiary/aromatic N) is 1. The van der Waals surface area contributed by atoms with Crippen molar-refractivity contribution >= 4 is 33.8 Å². The number of nitrogens with one attached hydrogen (secondary N) is 2. The summed E-state index contributed by atoms with van der Waals surface area (Å²) < 4.78 is 51.3. The number of ketones is 1. The van der Waals surface area contributed by atoms with Crippen LogP contribution in [0.5, 0.6) is 0 Å². The Morgan fingerprint density at radius 3 is 2.83 bits per heavy atom. The molecule has 0 radical (unpaired) electrons. The molecule has 1 unspecified atom stereocenters. The molecule has 118 valence electrons. The molecule has 0 spiro atoms. The number of carbonyl (C=O) groups excluding carboxylic acids is 1. The number of H-pyrrole nitrogens is 1. The van der Waals surface area contributed by atoms with Gasteiger partial charge in [0.15, 0.2) is 5.82 Å². The van der Waals surface area contributed by atoms with Crippen molar-refractivity contribution in [1.82, 2.24) is 9.97 Å². The highest BCUT2D eigenvalue weighted by Gasteiger charge is 2.24. The number of aromatic nitrogens is 2. The molecule has 0 saturated carbocycles. The van der Waals surface area contributed by atoms with E-state index in [4.69, 9.17) is 0 Å². The van der Waals surface area contributed by atoms with Crippen LogP contribution in [0.2, 0.25) is 0 Å². The van der Waals surface area contributed by atoms with E-state index in [1.165, 1.54) is 12.4 Å². The molecule has 1 atom stereocenters. The summed E-state index contributed by atoms with van der Waals surface area (Å²) in [5.41, 5.74) is -0.927. The summed E-state index contributed by atoms with van der Waals surface area (Å²) in [6, 6.07) is 4.88. The lowest BCUT2D eigenvalue weighted by atomic mass is 10.0. The molecule has 6 nitrogen and oxygen atoms in total. The van der Waals surface area contributed by atoms with Crippen LogP contribution >= 0.6 is 0 Å². The number of anilines is 1. The molecule has 1 aromatic carbocycles. The lowest BCUT2D eigenvalue weighted by Crippen LogP contribution is -2.11. The average Bonchev–Trinajstić information content (AvgIpc) is 2.94. The molecule has 0 fully saturated rings. The summed E-state index contributed by atoms with van der Waals surface area (Å²) >= 11 is -2.80. The van der Waals surface area contributed by atoms with Crippen molar-refractivity contribution < 1.29 is 22.3 Å². The third kappa shape index (κ3) is 2.71. The van der Waals surface area contributed by atoms with Gasteiger partial charge in [-0.1, -0.05) is 0 Å². The second-order valence-corrected chi connectivity index (χ2v) is 5.23. The second kappa shape index (κ2) is 5.86. The van der Waals surface area contributed by atoms with E-state index in [1.807, 2.05) is 0 Å². The Bertz CT molecular complexity index is 942. The monoisotopic (exact) mass is 336 g/mol. The number of hydrogen-bond acceptors (Lipinski definition) is 4. The Morgan fingerprint density at radius 2 is 2.09 bits per heavy atom. The third-order valence-electron chi connectivity index (χ3n) is 3.21. The Labute approximate surface area is 131 Å². The van der Waals surface area contributed by atoms with Crippen LogP contribution < -0.4 is 4.72 Å². The van der Waals surface area contributed by atoms with Crippen molar-refractivity contribution in [3.63, 3.8) is 0 Å². The lowest BCUT2D eigenvalue weighted by molar-refractivity contribution is 0.103. The lowest BCUT2D eigenvalue weighted by Gasteiger charge is -2.12. The van der Waals surface area contributed by atoms with Gasteiger partial charge in [0, 0.05) is 34.6 Å². The fraction of sp³-hybridized carbons (Fsp3) is 0. The predicted octanol–water partition coefficient (Wildman–Crippen LogP) is 2.28. The van der Waals surface area contributed by atoms with Gasteiger partial charge >= 0.3 is 0 Å². The number of hydrogen-bond donors (Lipinski definition) is 2. The number of benzene rings is 1. The zero-order valence-electron chi connectivity index (χ0n) is 11.3. The summed E-state index contributed by atoms with van der Waals surface area (Å²) in [4.78, 5) is 19.2. The van der Waals surface area contributed by atoms with Crippen LogP contribution in [0.15, 0.2) is 36.7 Å². The first-order chi connectivity index (χ1) is 11.0. The van der Waals surface area contributed by atoms with E-state index in [0.29, 0.717) is 11.0 Å². The number of aromatic amines is 1. The molecular weight excluding hydrogens is 328 g/mol. The van der Waals surface area contributed by atoms with E-state index in [-0.39, 0.29) is 5.56 Å². The number of carbonyl (C=O) groups is 1. The van der Waals surface area contributed by atoms with Gasteiger partial charge in [0.1, 0.15) is 11.5 Å². The van der Waals surface area contributed by atoms with E-state index in [2.05, 4.69) is 9.97 Å². The Hall–Kier alpha value is -2.65. The van der Waals surface area contributed by atoms with E-state index in [9.17, 15) is 22.3 Å². The maximum atomic E-state index is 14.3. The molecule has 2 heterocycles. The van der Waals surface area contributed by atoms with Crippen molar-refractivity contribution in [1.29, 1.82) is 0 Å². The van der Waals surface area contributed by atoms with Crippen molar-refractivity contribution in [2.75, 3.05) is 4.72 Å². The van der Waals surface area contributed by atoms with Crippen molar-refractivity contribution in [3.8, 4) is 0 Å². The highest BCUT2D eigenvalue weighted by atomic mass is 32.2. The standard InChI is InChI=1S/C14H9F2N3O3S/c15-9-3-4-10(19-23(21)22)12(16)11(9)13(20)8-6-18-14-7(8)2-1-5-17-14/h1-6,19H,(H,17,18)(H,21,22)/p-1. The van der Waals surface area contributed by atoms with Crippen LogP contribution in [0.4, 0.5) is 14.5 Å². The zero-order chi connectivity index (χ0) is 16.6. The minimum Gasteiger partial charge on any atom is -0.755 e. The van der Waals surface area contributed by atoms with E-state index in [0.717, 1.165) is 12.1 Å². The van der Waals surface area contributed by atoms with Gasteiger partial charge in [-0.25, -0.2) is 13.8 Å². The first-order valence-electron chi connectivity index (χ1n) is 6.29. The maximum Gasteiger partial charge on any atom is 0.201 e. The molecule has 0 aliphatic carbocycles. The summed E-state index contributed by atoms with van der Waals surface area (Å²) in [5, 5.41) is 0.405. The molecule has 0 bridgehead atoms. The Balaban J connectivity index is 2.14. The quantitative estimate of drug-likeness (QED) is 0.564. The van der Waals surface area contributed by atoms with Crippen LogP contribution in [0.1, 0.15) is 15.9 Å². The Morgan fingerprint density at radius 1 is 1.30 bits per heavy atom. The summed E-state index contributed by atoms with van der Waals surface area (Å²) in [7, 11) is 0. The average molecular weight is 336 g/mol. The molecule has 3 rings (SSSR count). The summed E-state index contributed by atoms with van der Waals surface area (Å²) in [5.74, 6) is -3.29. The van der Waals surface area contributed by atoms with E-state index >= 15 is 0 Å². The first-order valence-corrected chi connectivity index (χ1v) is 7.37. The van der Waals surface area contributed by atoms with Crippen LogP contribution in [0.25, 0.3) is 11.0 Å². The molecule has 3 aromatic rings. The van der Waals surface area contributed by atoms with Crippen LogP contribution in [0, 0.1) is 11.6 Å². The molecule has 0 amide bonds. The van der Waals surface area contributed by atoms with Gasteiger partial charge in [-0.2, -0.15) is 0 Å². The van der Waals surface area contributed by atoms with Gasteiger partial charge in [-0.05, 0) is 24.3 Å². The molecule has 0 saturated heterocycles. The number of pyridine rings is 1. The largest absolute Gasteiger partial charge is 0.755 e. The molecule has 0 aliphatic heterocycles. The predicted molar refractivity (Wildman–Crippen MR) is 78.4 cm³/mol. The Kier molecular flexibility index (Phi) is 3.89. The van der Waals surface area contributed by atoms with Gasteiger partial charge in [0.25, 0.3) is 0 Å². The van der Waals surface area contributed by atoms with Crippen molar-refractivity contribution in [2.45, 2.75) is 0 Å². The molecular formula is C14H8F2N3O3S-. The molecule has 23 heavy (non-hydrogen) atoms. The summed E-state index contributed by atoms with van der Waals surface area (Å²) in [6.45, 7) is 0. The minimum absolute atomic E-state index is 0.0336. The number of rotatable bonds is 4. The fourth-order valence-electron chi connectivity index (χ4n) is 2.21. The number of fused-ring (bicyclic) bond motifs is 1. The van der Waals surface area contributed by atoms with Crippen LogP contribution in [-0.4, -0.2) is 24.5 Å². The number of halogens is 2. The van der Waals surface area contributed by atoms with Crippen molar-refractivity contribution in [3.05, 3.63) is 59.4 Å². The fourth-order valence-corrected chi connectivity index (χ4v) is 2.54. The third-order valence-corrected chi connectivity index (χ3v) is 3.59. The summed E-state index contributed by atoms with van der Waals surface area (Å²) in [6.07, 6.45) is 2.80. The highest BCUT2D eigenvalue weighted by Crippen LogP contribution is 2.26. The van der Waals surface area contributed by atoms with Gasteiger partial charge in [0.2, 0.25) is 5.78 Å². The van der Waals surface area contributed by atoms with Crippen molar-refractivity contribution in [2.24, 2.45) is 0 Å². The molecule has 2 N–H and O–H groups in total. The zero-order valence-corrected chi connectivity index (χ0v) is 12.1. The topological polar surface area (TPSA) is 97.9 Å². The van der Waals surface area contributed by atoms with E-state index < -0.39 is 39.9 Å². The highest BCUT2D eigenvalue weighted by molar-refractivity contribution is 7.80. The van der Waals surface area contributed by atoms with Gasteiger partial charge < -0.3 is 14.3 Å². The minimum atomic E-state index is -2.80. The SMILES string of the molecule is O=C(c1c(F)ccc(NS(=O)[O-])c1F)c1c[nH]c2ncccc12. The second-order valence-electron chi connectivity index (χ2n) is 4.55. The molecule has 2 aromatic heterocycles. The van der Waals surface area contributed by atoms with Crippen LogP contribution in [-0.2, 0) is 11.3 Å². The smallest absolute Gasteiger partial charge is 0.201 e. The first kappa shape index (κ1) is 15.3. The van der Waals surface area contributed by atoms with E-state index in [1.54, 1.807) is 16.9 Å². The molecule has 9 heteroatoms.